The monoisotopic (exact) mass is 267 g/mol. The molecule has 5 N–H and O–H groups in total. The lowest BCUT2D eigenvalue weighted by Gasteiger charge is -2.19. The van der Waals surface area contributed by atoms with Gasteiger partial charge in [-0.05, 0) is 17.7 Å². The van der Waals surface area contributed by atoms with Crippen LogP contribution in [0.3, 0.4) is 0 Å². The smallest absolute Gasteiger partial charge is 0.231 e. The molecule has 0 saturated heterocycles. The Morgan fingerprint density at radius 3 is 2.32 bits per heavy atom. The van der Waals surface area contributed by atoms with E-state index < -0.39 is 11.8 Å². The molecule has 0 fully saturated rings. The Morgan fingerprint density at radius 1 is 1.26 bits per heavy atom. The first kappa shape index (κ1) is 14.8. The van der Waals surface area contributed by atoms with E-state index in [1.165, 1.54) is 18.1 Å². The van der Waals surface area contributed by atoms with E-state index in [-0.39, 0.29) is 18.8 Å². The van der Waals surface area contributed by atoms with E-state index in [4.69, 9.17) is 16.2 Å². The summed E-state index contributed by atoms with van der Waals surface area (Å²) in [4.78, 5) is 23.4. The molecule has 0 bridgehead atoms. The van der Waals surface area contributed by atoms with E-state index in [2.05, 4.69) is 0 Å². The summed E-state index contributed by atoms with van der Waals surface area (Å²) in [6, 6.07) is 4.75. The van der Waals surface area contributed by atoms with Crippen LogP contribution in [0.1, 0.15) is 5.56 Å². The molecule has 7 heteroatoms. The van der Waals surface area contributed by atoms with Gasteiger partial charge in [0.05, 0.1) is 20.2 Å². The molecule has 104 valence electrons. The molecule has 19 heavy (non-hydrogen) atoms. The first-order chi connectivity index (χ1) is 8.92. The second kappa shape index (κ2) is 6.60. The second-order valence-corrected chi connectivity index (χ2v) is 4.08. The van der Waals surface area contributed by atoms with Gasteiger partial charge in [-0.3, -0.25) is 14.5 Å². The molecule has 1 aromatic rings. The van der Waals surface area contributed by atoms with E-state index in [0.29, 0.717) is 12.3 Å². The predicted octanol–water partition coefficient (Wildman–Crippen LogP) is -0.827. The number of ether oxygens (including phenoxy) is 1. The van der Waals surface area contributed by atoms with Crippen LogP contribution in [0.2, 0.25) is 0 Å². The highest BCUT2D eigenvalue weighted by molar-refractivity contribution is 5.79. The lowest BCUT2D eigenvalue weighted by atomic mass is 10.2. The maximum atomic E-state index is 10.9. The Morgan fingerprint density at radius 2 is 1.84 bits per heavy atom. The van der Waals surface area contributed by atoms with Gasteiger partial charge in [-0.25, -0.2) is 0 Å². The van der Waals surface area contributed by atoms with E-state index >= 15 is 0 Å². The summed E-state index contributed by atoms with van der Waals surface area (Å²) in [5.41, 5.74) is 11.0. The second-order valence-electron chi connectivity index (χ2n) is 4.08. The number of carbonyl (C=O) groups excluding carboxylic acids is 2. The molecule has 0 aromatic heterocycles. The van der Waals surface area contributed by atoms with Crippen molar-refractivity contribution in [1.29, 1.82) is 0 Å². The van der Waals surface area contributed by atoms with Crippen molar-refractivity contribution in [3.63, 3.8) is 0 Å². The number of hydrogen-bond acceptors (Lipinski definition) is 5. The number of amides is 2. The third-order valence-electron chi connectivity index (χ3n) is 2.41. The minimum Gasteiger partial charge on any atom is -0.504 e. The lowest BCUT2D eigenvalue weighted by Crippen LogP contribution is -2.39. The van der Waals surface area contributed by atoms with Crippen molar-refractivity contribution in [3.05, 3.63) is 23.8 Å². The number of methoxy groups -OCH3 is 1. The summed E-state index contributed by atoms with van der Waals surface area (Å²) < 4.78 is 4.98. The van der Waals surface area contributed by atoms with Crippen LogP contribution in [0.4, 0.5) is 0 Å². The van der Waals surface area contributed by atoms with Crippen LogP contribution in [-0.4, -0.2) is 42.0 Å². The molecule has 0 atom stereocenters. The van der Waals surface area contributed by atoms with Gasteiger partial charge in [0.2, 0.25) is 11.8 Å². The summed E-state index contributed by atoms with van der Waals surface area (Å²) in [6.07, 6.45) is 0. The summed E-state index contributed by atoms with van der Waals surface area (Å²) in [5, 5.41) is 9.47. The number of phenolic OH excluding ortho intramolecular Hbond substituents is 1. The Balaban J connectivity index is 2.82. The van der Waals surface area contributed by atoms with Gasteiger partial charge in [-0.2, -0.15) is 0 Å². The molecule has 0 aliphatic heterocycles. The van der Waals surface area contributed by atoms with Crippen molar-refractivity contribution >= 4 is 11.8 Å². The zero-order chi connectivity index (χ0) is 14.4. The van der Waals surface area contributed by atoms with Crippen molar-refractivity contribution in [2.45, 2.75) is 6.54 Å². The van der Waals surface area contributed by atoms with Gasteiger partial charge in [0.1, 0.15) is 0 Å². The maximum Gasteiger partial charge on any atom is 0.231 e. The number of hydrogen-bond donors (Lipinski definition) is 3. The molecule has 0 spiro atoms. The van der Waals surface area contributed by atoms with Gasteiger partial charge < -0.3 is 21.3 Å². The Hall–Kier alpha value is -2.28. The third kappa shape index (κ3) is 4.84. The van der Waals surface area contributed by atoms with Crippen molar-refractivity contribution in [1.82, 2.24) is 4.90 Å². The first-order valence-electron chi connectivity index (χ1n) is 5.57. The number of aromatic hydroxyl groups is 1. The molecule has 0 heterocycles. The molecular formula is C12H17N3O4. The normalized spacial score (nSPS) is 10.4. The Kier molecular flexibility index (Phi) is 5.13. The number of phenols is 1. The van der Waals surface area contributed by atoms with E-state index in [9.17, 15) is 14.7 Å². The van der Waals surface area contributed by atoms with Gasteiger partial charge in [0.25, 0.3) is 0 Å². The van der Waals surface area contributed by atoms with Crippen molar-refractivity contribution in [2.24, 2.45) is 11.5 Å². The fraction of sp³-hybridized carbons (Fsp3) is 0.333. The average molecular weight is 267 g/mol. The molecule has 0 aliphatic carbocycles. The zero-order valence-corrected chi connectivity index (χ0v) is 10.6. The van der Waals surface area contributed by atoms with Gasteiger partial charge in [0, 0.05) is 6.54 Å². The number of benzene rings is 1. The fourth-order valence-electron chi connectivity index (χ4n) is 1.69. The Labute approximate surface area is 110 Å². The molecule has 0 aliphatic rings. The number of rotatable bonds is 7. The first-order valence-corrected chi connectivity index (χ1v) is 5.57. The van der Waals surface area contributed by atoms with Crippen molar-refractivity contribution in [2.75, 3.05) is 20.2 Å². The van der Waals surface area contributed by atoms with Crippen LogP contribution in [-0.2, 0) is 16.1 Å². The van der Waals surface area contributed by atoms with Gasteiger partial charge in [-0.1, -0.05) is 6.07 Å². The van der Waals surface area contributed by atoms with Crippen molar-refractivity contribution in [3.8, 4) is 11.5 Å². The Bertz CT molecular complexity index is 460. The highest BCUT2D eigenvalue weighted by Gasteiger charge is 2.13. The topological polar surface area (TPSA) is 119 Å². The molecule has 0 saturated carbocycles. The fourth-order valence-corrected chi connectivity index (χ4v) is 1.69. The molecule has 0 radical (unpaired) electrons. The highest BCUT2D eigenvalue weighted by atomic mass is 16.5. The molecular weight excluding hydrogens is 250 g/mol. The SMILES string of the molecule is COc1cc(CN(CC(N)=O)CC(N)=O)ccc1O. The zero-order valence-electron chi connectivity index (χ0n) is 10.6. The van der Waals surface area contributed by atoms with Crippen LogP contribution in [0, 0.1) is 0 Å². The maximum absolute atomic E-state index is 10.9. The summed E-state index contributed by atoms with van der Waals surface area (Å²) in [6.45, 7) is 0.140. The van der Waals surface area contributed by atoms with Crippen LogP contribution in [0.5, 0.6) is 11.5 Å². The van der Waals surface area contributed by atoms with Crippen LogP contribution in [0.25, 0.3) is 0 Å². The van der Waals surface area contributed by atoms with Gasteiger partial charge in [-0.15, -0.1) is 0 Å². The molecule has 1 aromatic carbocycles. The van der Waals surface area contributed by atoms with E-state index in [0.717, 1.165) is 5.56 Å². The summed E-state index contributed by atoms with van der Waals surface area (Å²) in [7, 11) is 1.43. The predicted molar refractivity (Wildman–Crippen MR) is 68.3 cm³/mol. The quantitative estimate of drug-likeness (QED) is 0.596. The molecule has 7 nitrogen and oxygen atoms in total. The average Bonchev–Trinajstić information content (AvgIpc) is 2.29. The third-order valence-corrected chi connectivity index (χ3v) is 2.41. The van der Waals surface area contributed by atoms with Crippen LogP contribution >= 0.6 is 0 Å². The number of nitrogens with two attached hydrogens (primary N) is 2. The number of carbonyl (C=O) groups is 2. The van der Waals surface area contributed by atoms with E-state index in [1.54, 1.807) is 12.1 Å². The minimum absolute atomic E-state index is 0.0163. The van der Waals surface area contributed by atoms with Gasteiger partial charge >= 0.3 is 0 Å². The standard InChI is InChI=1S/C12H17N3O4/c1-19-10-4-8(2-3-9(10)16)5-15(6-11(13)17)7-12(14)18/h2-4,16H,5-7H2,1H3,(H2,13,17)(H2,14,18). The van der Waals surface area contributed by atoms with Crippen LogP contribution < -0.4 is 16.2 Å². The number of primary amides is 2. The molecule has 2 amide bonds. The summed E-state index contributed by atoms with van der Waals surface area (Å²) in [5.74, 6) is -0.766. The molecule has 1 rings (SSSR count). The lowest BCUT2D eigenvalue weighted by molar-refractivity contribution is -0.122. The van der Waals surface area contributed by atoms with Crippen molar-refractivity contribution < 1.29 is 19.4 Å². The number of nitrogens with zero attached hydrogens (tertiary/aromatic N) is 1. The highest BCUT2D eigenvalue weighted by Crippen LogP contribution is 2.26. The van der Waals surface area contributed by atoms with Crippen LogP contribution in [0.15, 0.2) is 18.2 Å². The van der Waals surface area contributed by atoms with Gasteiger partial charge in [0.15, 0.2) is 11.5 Å². The minimum atomic E-state index is -0.549. The summed E-state index contributed by atoms with van der Waals surface area (Å²) >= 11 is 0. The largest absolute Gasteiger partial charge is 0.504 e. The van der Waals surface area contributed by atoms with E-state index in [1.807, 2.05) is 0 Å². The molecule has 0 unspecified atom stereocenters.